The van der Waals surface area contributed by atoms with E-state index in [0.29, 0.717) is 21.9 Å². The number of fused-ring (bicyclic) bond motifs is 1. The van der Waals surface area contributed by atoms with E-state index in [0.717, 1.165) is 0 Å². The number of hydrogen-bond acceptors (Lipinski definition) is 6. The molecular formula is C14H14ClN5O2. The number of nitrogens with two attached hydrogens (primary N) is 1. The predicted octanol–water partition coefficient (Wildman–Crippen LogP) is 2.02. The molecule has 2 unspecified atom stereocenters. The van der Waals surface area contributed by atoms with Crippen molar-refractivity contribution in [1.29, 1.82) is 0 Å². The Hall–Kier alpha value is -2.38. The van der Waals surface area contributed by atoms with Crippen molar-refractivity contribution in [2.45, 2.75) is 19.3 Å². The third-order valence-corrected chi connectivity index (χ3v) is 3.40. The molecule has 0 radical (unpaired) electrons. The van der Waals surface area contributed by atoms with Gasteiger partial charge in [0.25, 0.3) is 0 Å². The average Bonchev–Trinajstić information content (AvgIpc) is 2.91. The van der Waals surface area contributed by atoms with E-state index in [1.165, 1.54) is 12.7 Å². The van der Waals surface area contributed by atoms with Gasteiger partial charge >= 0.3 is 0 Å². The van der Waals surface area contributed by atoms with Crippen LogP contribution in [0.5, 0.6) is 5.75 Å². The average molecular weight is 320 g/mol. The second-order valence-corrected chi connectivity index (χ2v) is 5.22. The van der Waals surface area contributed by atoms with E-state index >= 15 is 0 Å². The van der Waals surface area contributed by atoms with Crippen molar-refractivity contribution >= 4 is 28.6 Å². The lowest BCUT2D eigenvalue weighted by atomic mass is 10.3. The summed E-state index contributed by atoms with van der Waals surface area (Å²) in [6, 6.07) is 6.87. The number of hydrogen-bond donors (Lipinski definition) is 2. The first-order valence-corrected chi connectivity index (χ1v) is 6.97. The van der Waals surface area contributed by atoms with Gasteiger partial charge in [0.05, 0.1) is 0 Å². The molecule has 3 rings (SSSR count). The van der Waals surface area contributed by atoms with Gasteiger partial charge in [0.1, 0.15) is 30.0 Å². The van der Waals surface area contributed by atoms with Crippen LogP contribution in [0.15, 0.2) is 36.9 Å². The van der Waals surface area contributed by atoms with Gasteiger partial charge in [0.2, 0.25) is 6.23 Å². The molecule has 22 heavy (non-hydrogen) atoms. The van der Waals surface area contributed by atoms with Gasteiger partial charge in [-0.15, -0.1) is 0 Å². The Bertz CT molecular complexity index is 788. The summed E-state index contributed by atoms with van der Waals surface area (Å²) >= 11 is 5.85. The van der Waals surface area contributed by atoms with Crippen molar-refractivity contribution in [3.63, 3.8) is 0 Å². The van der Waals surface area contributed by atoms with Gasteiger partial charge in [-0.05, 0) is 31.2 Å². The Morgan fingerprint density at radius 1 is 1.23 bits per heavy atom. The van der Waals surface area contributed by atoms with E-state index in [-0.39, 0.29) is 5.82 Å². The summed E-state index contributed by atoms with van der Waals surface area (Å²) in [5.41, 5.74) is 6.73. The molecule has 0 fully saturated rings. The lowest BCUT2D eigenvalue weighted by Crippen LogP contribution is -2.26. The number of imidazole rings is 1. The SMILES string of the molecule is CC(O)C(Oc1ccc(Cl)cc1)n1cnc2c(N)ncnc21. The number of benzene rings is 1. The van der Waals surface area contributed by atoms with Gasteiger partial charge in [-0.3, -0.25) is 4.57 Å². The van der Waals surface area contributed by atoms with Crippen LogP contribution in [0.25, 0.3) is 11.2 Å². The van der Waals surface area contributed by atoms with E-state index in [4.69, 9.17) is 22.1 Å². The fourth-order valence-electron chi connectivity index (χ4n) is 2.10. The highest BCUT2D eigenvalue weighted by molar-refractivity contribution is 6.30. The first-order chi connectivity index (χ1) is 10.6. The Kier molecular flexibility index (Phi) is 3.82. The molecule has 0 amide bonds. The number of aromatic nitrogens is 4. The van der Waals surface area contributed by atoms with E-state index < -0.39 is 12.3 Å². The summed E-state index contributed by atoms with van der Waals surface area (Å²) < 4.78 is 7.45. The largest absolute Gasteiger partial charge is 0.467 e. The molecule has 0 aliphatic rings. The third kappa shape index (κ3) is 2.68. The number of aliphatic hydroxyl groups is 1. The molecule has 2 aromatic heterocycles. The molecule has 3 aromatic rings. The standard InChI is InChI=1S/C14H14ClN5O2/c1-8(21)14(22-10-4-2-9(15)3-5-10)20-7-19-11-12(16)17-6-18-13(11)20/h2-8,14,21H,1H3,(H2,16,17,18). The smallest absolute Gasteiger partial charge is 0.204 e. The minimum atomic E-state index is -0.802. The molecular weight excluding hydrogens is 306 g/mol. The van der Waals surface area contributed by atoms with E-state index in [2.05, 4.69) is 15.0 Å². The van der Waals surface area contributed by atoms with Crippen molar-refractivity contribution in [2.24, 2.45) is 0 Å². The maximum Gasteiger partial charge on any atom is 0.204 e. The molecule has 8 heteroatoms. The highest BCUT2D eigenvalue weighted by atomic mass is 35.5. The Labute approximate surface area is 131 Å². The molecule has 0 bridgehead atoms. The van der Waals surface area contributed by atoms with Gasteiger partial charge in [-0.2, -0.15) is 0 Å². The molecule has 7 nitrogen and oxygen atoms in total. The quantitative estimate of drug-likeness (QED) is 0.763. The number of rotatable bonds is 4. The van der Waals surface area contributed by atoms with Crippen molar-refractivity contribution in [1.82, 2.24) is 19.5 Å². The first-order valence-electron chi connectivity index (χ1n) is 6.59. The highest BCUT2D eigenvalue weighted by Gasteiger charge is 2.22. The van der Waals surface area contributed by atoms with Gasteiger partial charge < -0.3 is 15.6 Å². The summed E-state index contributed by atoms with van der Waals surface area (Å²) in [6.07, 6.45) is 1.35. The van der Waals surface area contributed by atoms with E-state index in [9.17, 15) is 5.11 Å². The molecule has 0 saturated carbocycles. The lowest BCUT2D eigenvalue weighted by molar-refractivity contribution is 0.00348. The minimum absolute atomic E-state index is 0.277. The monoisotopic (exact) mass is 319 g/mol. The second kappa shape index (κ2) is 5.78. The summed E-state index contributed by atoms with van der Waals surface area (Å²) in [4.78, 5) is 12.2. The summed E-state index contributed by atoms with van der Waals surface area (Å²) in [6.45, 7) is 1.62. The molecule has 0 spiro atoms. The number of halogens is 1. The minimum Gasteiger partial charge on any atom is -0.467 e. The third-order valence-electron chi connectivity index (χ3n) is 3.14. The van der Waals surface area contributed by atoms with Crippen LogP contribution < -0.4 is 10.5 Å². The van der Waals surface area contributed by atoms with Crippen LogP contribution in [0.1, 0.15) is 13.2 Å². The summed E-state index contributed by atoms with van der Waals surface area (Å²) in [7, 11) is 0. The van der Waals surface area contributed by atoms with E-state index in [1.54, 1.807) is 35.8 Å². The van der Waals surface area contributed by atoms with Gasteiger partial charge in [0, 0.05) is 5.02 Å². The van der Waals surface area contributed by atoms with Crippen LogP contribution in [0, 0.1) is 0 Å². The van der Waals surface area contributed by atoms with Crippen molar-refractivity contribution in [2.75, 3.05) is 5.73 Å². The van der Waals surface area contributed by atoms with Crippen LogP contribution in [-0.2, 0) is 0 Å². The molecule has 114 valence electrons. The molecule has 1 aromatic carbocycles. The van der Waals surface area contributed by atoms with Crippen LogP contribution >= 0.6 is 11.6 Å². The Morgan fingerprint density at radius 2 is 1.95 bits per heavy atom. The number of nitrogens with zero attached hydrogens (tertiary/aromatic N) is 4. The van der Waals surface area contributed by atoms with Gasteiger partial charge in [-0.1, -0.05) is 11.6 Å². The normalized spacial score (nSPS) is 14.0. The zero-order valence-corrected chi connectivity index (χ0v) is 12.5. The Balaban J connectivity index is 1.99. The van der Waals surface area contributed by atoms with Gasteiger partial charge in [-0.25, -0.2) is 15.0 Å². The number of nitrogen functional groups attached to an aromatic ring is 1. The lowest BCUT2D eigenvalue weighted by Gasteiger charge is -2.23. The summed E-state index contributed by atoms with van der Waals surface area (Å²) in [5, 5.41) is 10.7. The fraction of sp³-hybridized carbons (Fsp3) is 0.214. The molecule has 0 saturated heterocycles. The van der Waals surface area contributed by atoms with Crippen LogP contribution in [0.2, 0.25) is 5.02 Å². The van der Waals surface area contributed by atoms with Crippen molar-refractivity contribution in [3.05, 3.63) is 41.9 Å². The predicted molar refractivity (Wildman–Crippen MR) is 82.5 cm³/mol. The van der Waals surface area contributed by atoms with Crippen LogP contribution in [-0.4, -0.2) is 30.7 Å². The van der Waals surface area contributed by atoms with Crippen LogP contribution in [0.3, 0.4) is 0 Å². The zero-order chi connectivity index (χ0) is 15.7. The molecule has 3 N–H and O–H groups in total. The first kappa shape index (κ1) is 14.6. The fourth-order valence-corrected chi connectivity index (χ4v) is 2.22. The number of aliphatic hydroxyl groups excluding tert-OH is 1. The summed E-state index contributed by atoms with van der Waals surface area (Å²) in [5.74, 6) is 0.846. The van der Waals surface area contributed by atoms with Gasteiger partial charge in [0.15, 0.2) is 11.5 Å². The number of ether oxygens (including phenoxy) is 1. The molecule has 0 aliphatic heterocycles. The molecule has 0 aliphatic carbocycles. The van der Waals surface area contributed by atoms with Crippen LogP contribution in [0.4, 0.5) is 5.82 Å². The maximum atomic E-state index is 10.1. The zero-order valence-electron chi connectivity index (χ0n) is 11.7. The molecule has 2 heterocycles. The number of anilines is 1. The Morgan fingerprint density at radius 3 is 2.64 bits per heavy atom. The molecule has 2 atom stereocenters. The topological polar surface area (TPSA) is 99.1 Å². The highest BCUT2D eigenvalue weighted by Crippen LogP contribution is 2.25. The van der Waals surface area contributed by atoms with Crippen molar-refractivity contribution in [3.8, 4) is 5.75 Å². The van der Waals surface area contributed by atoms with E-state index in [1.807, 2.05) is 0 Å². The van der Waals surface area contributed by atoms with Crippen molar-refractivity contribution < 1.29 is 9.84 Å². The second-order valence-electron chi connectivity index (χ2n) is 4.79. The maximum absolute atomic E-state index is 10.1.